The predicted molar refractivity (Wildman–Crippen MR) is 93.4 cm³/mol. The Kier molecular flexibility index (Phi) is 18.4. The van der Waals surface area contributed by atoms with Crippen LogP contribution in [0.2, 0.25) is 0 Å². The van der Waals surface area contributed by atoms with Crippen molar-refractivity contribution < 1.29 is 0 Å². The summed E-state index contributed by atoms with van der Waals surface area (Å²) in [5.74, 6) is 0. The smallest absolute Gasteiger partial charge is 0.00519 e. The van der Waals surface area contributed by atoms with Crippen LogP contribution >= 0.6 is 0 Å². The van der Waals surface area contributed by atoms with Gasteiger partial charge in [0.2, 0.25) is 0 Å². The largest absolute Gasteiger partial charge is 0.320 e. The zero-order valence-corrected chi connectivity index (χ0v) is 14.3. The molecule has 0 aliphatic carbocycles. The molecular formula is C19H39N. The molecule has 0 bridgehead atoms. The zero-order chi connectivity index (χ0) is 14.7. The Bertz CT molecular complexity index is 186. The molecule has 0 saturated heterocycles. The Morgan fingerprint density at radius 3 is 1.55 bits per heavy atom. The van der Waals surface area contributed by atoms with Crippen LogP contribution in [0.15, 0.2) is 12.2 Å². The number of hydrogen-bond donors (Lipinski definition) is 1. The minimum absolute atomic E-state index is 1.18. The maximum atomic E-state index is 3.21. The van der Waals surface area contributed by atoms with E-state index in [2.05, 4.69) is 24.4 Å². The fourth-order valence-electron chi connectivity index (χ4n) is 2.55. The normalized spacial score (nSPS) is 11.5. The van der Waals surface area contributed by atoms with Crippen molar-refractivity contribution in [1.29, 1.82) is 0 Å². The van der Waals surface area contributed by atoms with Crippen molar-refractivity contribution >= 4 is 0 Å². The number of allylic oxidation sites excluding steroid dienone is 2. The van der Waals surface area contributed by atoms with Crippen molar-refractivity contribution in [2.24, 2.45) is 0 Å². The van der Waals surface area contributed by atoms with Gasteiger partial charge in [-0.3, -0.25) is 0 Å². The summed E-state index contributed by atoms with van der Waals surface area (Å²) < 4.78 is 0. The maximum absolute atomic E-state index is 3.21. The van der Waals surface area contributed by atoms with Crippen LogP contribution in [-0.2, 0) is 0 Å². The lowest BCUT2D eigenvalue weighted by molar-refractivity contribution is 0.583. The van der Waals surface area contributed by atoms with E-state index >= 15 is 0 Å². The van der Waals surface area contributed by atoms with Crippen LogP contribution in [0, 0.1) is 0 Å². The first-order valence-corrected chi connectivity index (χ1v) is 9.21. The molecule has 1 heteroatoms. The van der Waals surface area contributed by atoms with E-state index in [1.807, 2.05) is 7.05 Å². The van der Waals surface area contributed by atoms with E-state index in [1.165, 1.54) is 96.4 Å². The lowest BCUT2D eigenvalue weighted by Gasteiger charge is -2.00. The molecule has 1 nitrogen and oxygen atoms in total. The van der Waals surface area contributed by atoms with Gasteiger partial charge in [-0.15, -0.1) is 0 Å². The fourth-order valence-corrected chi connectivity index (χ4v) is 2.55. The minimum Gasteiger partial charge on any atom is -0.320 e. The van der Waals surface area contributed by atoms with Crippen LogP contribution < -0.4 is 5.32 Å². The average molecular weight is 282 g/mol. The molecule has 0 atom stereocenters. The summed E-state index contributed by atoms with van der Waals surface area (Å²) in [7, 11) is 2.04. The minimum atomic E-state index is 1.18. The van der Waals surface area contributed by atoms with E-state index in [9.17, 15) is 0 Å². The molecule has 1 N–H and O–H groups in total. The van der Waals surface area contributed by atoms with Gasteiger partial charge in [0.1, 0.15) is 0 Å². The molecular weight excluding hydrogens is 242 g/mol. The van der Waals surface area contributed by atoms with Gasteiger partial charge in [0.05, 0.1) is 0 Å². The van der Waals surface area contributed by atoms with Gasteiger partial charge in [-0.1, -0.05) is 76.9 Å². The number of rotatable bonds is 16. The van der Waals surface area contributed by atoms with Crippen molar-refractivity contribution in [3.63, 3.8) is 0 Å². The summed E-state index contributed by atoms with van der Waals surface area (Å²) in [5.41, 5.74) is 0. The third-order valence-corrected chi connectivity index (χ3v) is 3.94. The van der Waals surface area contributed by atoms with Crippen LogP contribution in [0.3, 0.4) is 0 Å². The molecule has 20 heavy (non-hydrogen) atoms. The quantitative estimate of drug-likeness (QED) is 0.261. The highest BCUT2D eigenvalue weighted by molar-refractivity contribution is 4.81. The number of hydrogen-bond acceptors (Lipinski definition) is 1. The zero-order valence-electron chi connectivity index (χ0n) is 14.3. The molecule has 0 radical (unpaired) electrons. The van der Waals surface area contributed by atoms with Gasteiger partial charge in [0.15, 0.2) is 0 Å². The highest BCUT2D eigenvalue weighted by Gasteiger charge is 1.90. The van der Waals surface area contributed by atoms with Gasteiger partial charge in [-0.25, -0.2) is 0 Å². The maximum Gasteiger partial charge on any atom is -0.00519 e. The molecule has 0 rings (SSSR count). The first kappa shape index (κ1) is 19.7. The van der Waals surface area contributed by atoms with Crippen LogP contribution in [-0.4, -0.2) is 13.6 Å². The Labute approximate surface area is 128 Å². The summed E-state index contributed by atoms with van der Waals surface area (Å²) in [5, 5.41) is 3.21. The highest BCUT2D eigenvalue weighted by Crippen LogP contribution is 2.09. The summed E-state index contributed by atoms with van der Waals surface area (Å²) >= 11 is 0. The summed E-state index contributed by atoms with van der Waals surface area (Å²) in [4.78, 5) is 0. The van der Waals surface area contributed by atoms with Gasteiger partial charge in [0.25, 0.3) is 0 Å². The van der Waals surface area contributed by atoms with Crippen LogP contribution in [0.1, 0.15) is 96.8 Å². The van der Waals surface area contributed by atoms with Crippen LogP contribution in [0.4, 0.5) is 0 Å². The topological polar surface area (TPSA) is 12.0 Å². The molecule has 0 unspecified atom stereocenters. The third kappa shape index (κ3) is 17.7. The second kappa shape index (κ2) is 18.7. The van der Waals surface area contributed by atoms with Crippen molar-refractivity contribution in [2.75, 3.05) is 13.6 Å². The lowest BCUT2D eigenvalue weighted by atomic mass is 10.1. The molecule has 120 valence electrons. The molecule has 0 fully saturated rings. The van der Waals surface area contributed by atoms with Gasteiger partial charge in [0, 0.05) is 0 Å². The molecule has 0 aliphatic heterocycles. The van der Waals surface area contributed by atoms with E-state index in [1.54, 1.807) is 0 Å². The lowest BCUT2D eigenvalue weighted by Crippen LogP contribution is -2.06. The first-order chi connectivity index (χ1) is 9.91. The summed E-state index contributed by atoms with van der Waals surface area (Å²) in [6.07, 6.45) is 24.3. The standard InChI is InChI=1S/C19H39N/c1-3-4-5-6-7-8-9-10-11-12-13-14-15-16-17-18-19-20-2/h10-11,20H,3-9,12-19H2,1-2H3/b11-10-. The molecule has 0 aliphatic rings. The Hall–Kier alpha value is -0.300. The molecule has 0 aromatic rings. The van der Waals surface area contributed by atoms with E-state index in [0.717, 1.165) is 0 Å². The van der Waals surface area contributed by atoms with Gasteiger partial charge in [-0.2, -0.15) is 0 Å². The summed E-state index contributed by atoms with van der Waals surface area (Å²) in [6.45, 7) is 3.46. The number of unbranched alkanes of at least 4 members (excludes halogenated alkanes) is 12. The van der Waals surface area contributed by atoms with Crippen LogP contribution in [0.25, 0.3) is 0 Å². The Balaban J connectivity index is 3.01. The highest BCUT2D eigenvalue weighted by atomic mass is 14.8. The van der Waals surface area contributed by atoms with E-state index in [4.69, 9.17) is 0 Å². The average Bonchev–Trinajstić information content (AvgIpc) is 2.47. The van der Waals surface area contributed by atoms with Crippen molar-refractivity contribution in [3.05, 3.63) is 12.2 Å². The van der Waals surface area contributed by atoms with E-state index in [0.29, 0.717) is 0 Å². The molecule has 0 aromatic carbocycles. The SMILES string of the molecule is CCCCCCCC/C=C\CCCCCCCCNC. The molecule has 0 amide bonds. The van der Waals surface area contributed by atoms with Crippen LogP contribution in [0.5, 0.6) is 0 Å². The van der Waals surface area contributed by atoms with Crippen molar-refractivity contribution in [2.45, 2.75) is 96.8 Å². The first-order valence-electron chi connectivity index (χ1n) is 9.21. The molecule has 0 saturated carbocycles. The Morgan fingerprint density at radius 1 is 0.600 bits per heavy atom. The fraction of sp³-hybridized carbons (Fsp3) is 0.895. The predicted octanol–water partition coefficient (Wildman–Crippen LogP) is 6.24. The van der Waals surface area contributed by atoms with Crippen molar-refractivity contribution in [3.8, 4) is 0 Å². The molecule has 0 spiro atoms. The van der Waals surface area contributed by atoms with E-state index in [-0.39, 0.29) is 0 Å². The van der Waals surface area contributed by atoms with E-state index < -0.39 is 0 Å². The van der Waals surface area contributed by atoms with Gasteiger partial charge >= 0.3 is 0 Å². The number of nitrogens with one attached hydrogen (secondary N) is 1. The summed E-state index contributed by atoms with van der Waals surface area (Å²) in [6, 6.07) is 0. The molecule has 0 aromatic heterocycles. The van der Waals surface area contributed by atoms with Gasteiger partial charge in [-0.05, 0) is 45.7 Å². The monoisotopic (exact) mass is 281 g/mol. The second-order valence-corrected chi connectivity index (χ2v) is 6.04. The van der Waals surface area contributed by atoms with Crippen molar-refractivity contribution in [1.82, 2.24) is 5.32 Å². The van der Waals surface area contributed by atoms with Gasteiger partial charge < -0.3 is 5.32 Å². The Morgan fingerprint density at radius 2 is 1.05 bits per heavy atom. The molecule has 0 heterocycles. The second-order valence-electron chi connectivity index (χ2n) is 6.04. The third-order valence-electron chi connectivity index (χ3n) is 3.94.